The highest BCUT2D eigenvalue weighted by Crippen LogP contribution is 2.25. The van der Waals surface area contributed by atoms with Gasteiger partial charge in [0, 0.05) is 16.1 Å². The van der Waals surface area contributed by atoms with Gasteiger partial charge in [0.1, 0.15) is 11.6 Å². The van der Waals surface area contributed by atoms with E-state index in [2.05, 4.69) is 26.1 Å². The minimum absolute atomic E-state index is 0.308. The molecule has 0 spiro atoms. The molecule has 1 aromatic heterocycles. The van der Waals surface area contributed by atoms with Gasteiger partial charge in [-0.15, -0.1) is 0 Å². The number of rotatable bonds is 1. The van der Waals surface area contributed by atoms with Gasteiger partial charge in [0.15, 0.2) is 0 Å². The fraction of sp³-hybridized carbons (Fsp3) is 0. The number of aromatic nitrogens is 2. The van der Waals surface area contributed by atoms with Gasteiger partial charge in [-0.3, -0.25) is 5.10 Å². The Labute approximate surface area is 88.3 Å². The number of benzene rings is 1. The number of nitrogens with two attached hydrogens (primary N) is 1. The van der Waals surface area contributed by atoms with Crippen LogP contribution in [0.25, 0.3) is 11.3 Å². The summed E-state index contributed by atoms with van der Waals surface area (Å²) in [6, 6.07) is 6.28. The van der Waals surface area contributed by atoms with Crippen LogP contribution in [0.15, 0.2) is 28.7 Å². The average Bonchev–Trinajstić information content (AvgIpc) is 2.56. The summed E-state index contributed by atoms with van der Waals surface area (Å²) in [7, 11) is 0. The van der Waals surface area contributed by atoms with Gasteiger partial charge in [-0.05, 0) is 18.2 Å². The number of nitrogen functional groups attached to an aromatic ring is 1. The molecule has 0 saturated heterocycles. The molecule has 14 heavy (non-hydrogen) atoms. The number of hydrogen-bond donors (Lipinski definition) is 2. The van der Waals surface area contributed by atoms with Crippen molar-refractivity contribution in [2.24, 2.45) is 0 Å². The van der Waals surface area contributed by atoms with Gasteiger partial charge in [-0.1, -0.05) is 15.9 Å². The largest absolute Gasteiger partial charge is 0.382 e. The van der Waals surface area contributed by atoms with E-state index in [0.717, 1.165) is 4.47 Å². The lowest BCUT2D eigenvalue weighted by molar-refractivity contribution is 0.630. The van der Waals surface area contributed by atoms with Gasteiger partial charge in [-0.25, -0.2) is 4.39 Å². The summed E-state index contributed by atoms with van der Waals surface area (Å²) in [4.78, 5) is 0. The third-order valence-corrected chi connectivity index (χ3v) is 2.31. The fourth-order valence-corrected chi connectivity index (χ4v) is 1.54. The van der Waals surface area contributed by atoms with E-state index < -0.39 is 0 Å². The summed E-state index contributed by atoms with van der Waals surface area (Å²) in [6.45, 7) is 0. The molecule has 0 aliphatic heterocycles. The molecule has 0 aliphatic carbocycles. The van der Waals surface area contributed by atoms with Crippen molar-refractivity contribution in [3.8, 4) is 11.3 Å². The molecule has 0 bridgehead atoms. The van der Waals surface area contributed by atoms with Crippen LogP contribution in [0.3, 0.4) is 0 Å². The molecule has 0 saturated carbocycles. The van der Waals surface area contributed by atoms with Gasteiger partial charge in [-0.2, -0.15) is 5.10 Å². The summed E-state index contributed by atoms with van der Waals surface area (Å²) in [5, 5.41) is 6.39. The SMILES string of the molecule is Nc1cc(-c2cc(Br)ccc2F)[nH]n1. The number of nitrogens with zero attached hydrogens (tertiary/aromatic N) is 1. The maximum atomic E-state index is 13.4. The Morgan fingerprint density at radius 3 is 2.79 bits per heavy atom. The molecule has 0 unspecified atom stereocenters. The third kappa shape index (κ3) is 1.63. The standard InChI is InChI=1S/C9H7BrFN3/c10-5-1-2-7(11)6(3-5)8-4-9(12)14-13-8/h1-4H,(H3,12,13,14). The first-order valence-corrected chi connectivity index (χ1v) is 4.72. The van der Waals surface area contributed by atoms with Crippen LogP contribution in [-0.4, -0.2) is 10.2 Å². The first-order chi connectivity index (χ1) is 6.66. The van der Waals surface area contributed by atoms with E-state index in [1.165, 1.54) is 6.07 Å². The van der Waals surface area contributed by atoms with Crippen LogP contribution in [0.1, 0.15) is 0 Å². The van der Waals surface area contributed by atoms with Gasteiger partial charge < -0.3 is 5.73 Å². The number of H-pyrrole nitrogens is 1. The summed E-state index contributed by atoms with van der Waals surface area (Å²) >= 11 is 3.27. The van der Waals surface area contributed by atoms with Gasteiger partial charge in [0.05, 0.1) is 5.69 Å². The van der Waals surface area contributed by atoms with Crippen molar-refractivity contribution in [3.63, 3.8) is 0 Å². The van der Waals surface area contributed by atoms with Gasteiger partial charge in [0.25, 0.3) is 0 Å². The van der Waals surface area contributed by atoms with Crippen LogP contribution in [0, 0.1) is 5.82 Å². The van der Waals surface area contributed by atoms with Crippen molar-refractivity contribution in [1.29, 1.82) is 0 Å². The molecule has 0 amide bonds. The van der Waals surface area contributed by atoms with E-state index in [4.69, 9.17) is 5.73 Å². The molecular weight excluding hydrogens is 249 g/mol. The zero-order valence-corrected chi connectivity index (χ0v) is 8.68. The molecule has 0 radical (unpaired) electrons. The number of aromatic amines is 1. The lowest BCUT2D eigenvalue weighted by atomic mass is 10.1. The van der Waals surface area contributed by atoms with E-state index in [1.54, 1.807) is 18.2 Å². The van der Waals surface area contributed by atoms with Crippen LogP contribution < -0.4 is 5.73 Å². The number of hydrogen-bond acceptors (Lipinski definition) is 2. The van der Waals surface area contributed by atoms with Crippen LogP contribution in [0.2, 0.25) is 0 Å². The van der Waals surface area contributed by atoms with E-state index in [-0.39, 0.29) is 5.82 Å². The summed E-state index contributed by atoms with van der Waals surface area (Å²) in [5.41, 5.74) is 6.45. The lowest BCUT2D eigenvalue weighted by Gasteiger charge is -1.99. The molecule has 1 aromatic carbocycles. The zero-order valence-electron chi connectivity index (χ0n) is 7.09. The van der Waals surface area contributed by atoms with Crippen LogP contribution >= 0.6 is 15.9 Å². The zero-order chi connectivity index (χ0) is 10.1. The van der Waals surface area contributed by atoms with E-state index in [9.17, 15) is 4.39 Å². The van der Waals surface area contributed by atoms with Crippen molar-refractivity contribution < 1.29 is 4.39 Å². The Bertz CT molecular complexity index is 467. The highest BCUT2D eigenvalue weighted by molar-refractivity contribution is 9.10. The second-order valence-corrected chi connectivity index (χ2v) is 3.75. The molecule has 2 rings (SSSR count). The molecule has 0 aliphatic rings. The maximum absolute atomic E-state index is 13.4. The third-order valence-electron chi connectivity index (χ3n) is 1.82. The Morgan fingerprint density at radius 1 is 1.36 bits per heavy atom. The Morgan fingerprint density at radius 2 is 2.14 bits per heavy atom. The quantitative estimate of drug-likeness (QED) is 0.823. The van der Waals surface area contributed by atoms with Crippen LogP contribution in [0.5, 0.6) is 0 Å². The lowest BCUT2D eigenvalue weighted by Crippen LogP contribution is -1.84. The van der Waals surface area contributed by atoms with E-state index >= 15 is 0 Å². The minimum Gasteiger partial charge on any atom is -0.382 e. The molecule has 1 heterocycles. The summed E-state index contributed by atoms with van der Waals surface area (Å²) < 4.78 is 14.2. The Balaban J connectivity index is 2.55. The maximum Gasteiger partial charge on any atom is 0.145 e. The Kier molecular flexibility index (Phi) is 2.25. The predicted octanol–water partition coefficient (Wildman–Crippen LogP) is 2.56. The first-order valence-electron chi connectivity index (χ1n) is 3.93. The molecule has 2 aromatic rings. The summed E-state index contributed by atoms with van der Waals surface area (Å²) in [5.74, 6) is 0.0382. The van der Waals surface area contributed by atoms with Gasteiger partial charge in [0.2, 0.25) is 0 Å². The van der Waals surface area contributed by atoms with Gasteiger partial charge >= 0.3 is 0 Å². The first kappa shape index (κ1) is 9.21. The molecular formula is C9H7BrFN3. The van der Waals surface area contributed by atoms with E-state index in [0.29, 0.717) is 17.1 Å². The Hall–Kier alpha value is -1.36. The van der Waals surface area contributed by atoms with Crippen molar-refractivity contribution in [1.82, 2.24) is 10.2 Å². The van der Waals surface area contributed by atoms with Crippen LogP contribution in [0.4, 0.5) is 10.2 Å². The normalized spacial score (nSPS) is 10.4. The van der Waals surface area contributed by atoms with Crippen molar-refractivity contribution >= 4 is 21.7 Å². The molecule has 3 N–H and O–H groups in total. The molecule has 72 valence electrons. The predicted molar refractivity (Wildman–Crippen MR) is 56.1 cm³/mol. The smallest absolute Gasteiger partial charge is 0.145 e. The second kappa shape index (κ2) is 3.42. The second-order valence-electron chi connectivity index (χ2n) is 2.83. The minimum atomic E-state index is -0.308. The van der Waals surface area contributed by atoms with Crippen molar-refractivity contribution in [2.75, 3.05) is 5.73 Å². The van der Waals surface area contributed by atoms with Crippen LogP contribution in [-0.2, 0) is 0 Å². The monoisotopic (exact) mass is 255 g/mol. The molecule has 5 heteroatoms. The number of anilines is 1. The van der Waals surface area contributed by atoms with Crippen molar-refractivity contribution in [2.45, 2.75) is 0 Å². The molecule has 3 nitrogen and oxygen atoms in total. The highest BCUT2D eigenvalue weighted by atomic mass is 79.9. The molecule has 0 fully saturated rings. The van der Waals surface area contributed by atoms with E-state index in [1.807, 2.05) is 0 Å². The number of halogens is 2. The molecule has 0 atom stereocenters. The topological polar surface area (TPSA) is 54.7 Å². The average molecular weight is 256 g/mol. The fourth-order valence-electron chi connectivity index (χ4n) is 1.18. The number of nitrogens with one attached hydrogen (secondary N) is 1. The highest BCUT2D eigenvalue weighted by Gasteiger charge is 2.07. The van der Waals surface area contributed by atoms with Crippen molar-refractivity contribution in [3.05, 3.63) is 34.6 Å². The summed E-state index contributed by atoms with van der Waals surface area (Å²) in [6.07, 6.45) is 0.